The first-order valence-electron chi connectivity index (χ1n) is 9.62. The molecule has 1 amide bonds. The molecule has 2 aromatic carbocycles. The molecule has 1 aliphatic rings. The number of para-hydroxylation sites is 2. The van der Waals surface area contributed by atoms with Crippen molar-refractivity contribution in [1.82, 2.24) is 9.88 Å². The van der Waals surface area contributed by atoms with Gasteiger partial charge in [0.2, 0.25) is 5.91 Å². The zero-order valence-electron chi connectivity index (χ0n) is 16.3. The molecule has 1 aliphatic heterocycles. The van der Waals surface area contributed by atoms with E-state index in [1.807, 2.05) is 60.5 Å². The van der Waals surface area contributed by atoms with Crippen LogP contribution < -0.4 is 9.64 Å². The molecule has 0 saturated carbocycles. The van der Waals surface area contributed by atoms with Gasteiger partial charge in [0.1, 0.15) is 11.3 Å². The van der Waals surface area contributed by atoms with Crippen molar-refractivity contribution >= 4 is 23.0 Å². The van der Waals surface area contributed by atoms with Crippen LogP contribution in [0.1, 0.15) is 18.4 Å². The summed E-state index contributed by atoms with van der Waals surface area (Å²) < 4.78 is 11.0. The van der Waals surface area contributed by atoms with Gasteiger partial charge in [0, 0.05) is 32.6 Å². The van der Waals surface area contributed by atoms with Crippen LogP contribution in [0.4, 0.5) is 6.01 Å². The van der Waals surface area contributed by atoms with Gasteiger partial charge in [-0.3, -0.25) is 4.79 Å². The van der Waals surface area contributed by atoms with Crippen LogP contribution in [0.15, 0.2) is 52.9 Å². The first-order valence-corrected chi connectivity index (χ1v) is 9.62. The molecule has 0 atom stereocenters. The Hall–Kier alpha value is -3.02. The molecule has 1 fully saturated rings. The molecule has 0 unspecified atom stereocenters. The highest BCUT2D eigenvalue weighted by Gasteiger charge is 2.29. The molecule has 4 rings (SSSR count). The molecule has 0 aliphatic carbocycles. The van der Waals surface area contributed by atoms with Gasteiger partial charge >= 0.3 is 0 Å². The topological polar surface area (TPSA) is 58.8 Å². The second-order valence-electron chi connectivity index (χ2n) is 7.27. The first-order chi connectivity index (χ1) is 13.6. The Kier molecular flexibility index (Phi) is 5.19. The number of methoxy groups -OCH3 is 1. The van der Waals surface area contributed by atoms with Gasteiger partial charge in [-0.1, -0.05) is 24.3 Å². The molecule has 1 aromatic heterocycles. The third kappa shape index (κ3) is 3.81. The van der Waals surface area contributed by atoms with E-state index >= 15 is 0 Å². The number of carbonyl (C=O) groups is 1. The predicted octanol–water partition coefficient (Wildman–Crippen LogP) is 3.71. The van der Waals surface area contributed by atoms with Crippen molar-refractivity contribution in [2.75, 3.05) is 32.1 Å². The van der Waals surface area contributed by atoms with Gasteiger partial charge in [-0.15, -0.1) is 0 Å². The molecule has 0 spiro atoms. The van der Waals surface area contributed by atoms with Gasteiger partial charge in [-0.25, -0.2) is 0 Å². The van der Waals surface area contributed by atoms with Gasteiger partial charge in [0.15, 0.2) is 5.58 Å². The highest BCUT2D eigenvalue weighted by Crippen LogP contribution is 2.27. The van der Waals surface area contributed by atoms with Crippen LogP contribution in [0.3, 0.4) is 0 Å². The number of aromatic nitrogens is 1. The van der Waals surface area contributed by atoms with Crippen molar-refractivity contribution in [3.63, 3.8) is 0 Å². The van der Waals surface area contributed by atoms with Crippen molar-refractivity contribution in [2.24, 2.45) is 5.92 Å². The van der Waals surface area contributed by atoms with Crippen LogP contribution in [0.25, 0.3) is 11.1 Å². The van der Waals surface area contributed by atoms with E-state index in [0.717, 1.165) is 48.3 Å². The molecule has 0 radical (unpaired) electrons. The lowest BCUT2D eigenvalue weighted by atomic mass is 9.95. The van der Waals surface area contributed by atoms with Gasteiger partial charge < -0.3 is 19.0 Å². The predicted molar refractivity (Wildman–Crippen MR) is 108 cm³/mol. The number of piperidine rings is 1. The number of hydrogen-bond acceptors (Lipinski definition) is 5. The standard InChI is InChI=1S/C22H25N3O3/c1-24(15-16-7-9-18(27-2)10-8-16)21(26)17-11-13-25(14-12-17)22-23-19-5-3-4-6-20(19)28-22/h3-10,17H,11-15H2,1-2H3. The smallest absolute Gasteiger partial charge is 0.298 e. The van der Waals surface area contributed by atoms with Crippen molar-refractivity contribution < 1.29 is 13.9 Å². The summed E-state index contributed by atoms with van der Waals surface area (Å²) in [5.41, 5.74) is 2.77. The maximum absolute atomic E-state index is 12.9. The van der Waals surface area contributed by atoms with Crippen LogP contribution in [0.5, 0.6) is 5.75 Å². The average Bonchev–Trinajstić information content (AvgIpc) is 3.18. The van der Waals surface area contributed by atoms with E-state index in [0.29, 0.717) is 12.6 Å². The van der Waals surface area contributed by atoms with E-state index in [-0.39, 0.29) is 11.8 Å². The van der Waals surface area contributed by atoms with E-state index in [1.165, 1.54) is 0 Å². The number of carbonyl (C=O) groups excluding carboxylic acids is 1. The van der Waals surface area contributed by atoms with Crippen molar-refractivity contribution in [3.8, 4) is 5.75 Å². The van der Waals surface area contributed by atoms with Crippen LogP contribution >= 0.6 is 0 Å². The quantitative estimate of drug-likeness (QED) is 0.676. The highest BCUT2D eigenvalue weighted by atomic mass is 16.5. The van der Waals surface area contributed by atoms with Gasteiger partial charge in [0.25, 0.3) is 6.01 Å². The Bertz CT molecular complexity index is 910. The molecular weight excluding hydrogens is 354 g/mol. The molecule has 1 saturated heterocycles. The fourth-order valence-corrected chi connectivity index (χ4v) is 3.71. The maximum Gasteiger partial charge on any atom is 0.298 e. The minimum Gasteiger partial charge on any atom is -0.497 e. The molecular formula is C22H25N3O3. The molecule has 2 heterocycles. The first kappa shape index (κ1) is 18.3. The third-order valence-corrected chi connectivity index (χ3v) is 5.35. The van der Waals surface area contributed by atoms with E-state index in [1.54, 1.807) is 7.11 Å². The zero-order chi connectivity index (χ0) is 19.5. The summed E-state index contributed by atoms with van der Waals surface area (Å²) in [6.45, 7) is 2.16. The van der Waals surface area contributed by atoms with Gasteiger partial charge in [-0.05, 0) is 42.7 Å². The Morgan fingerprint density at radius 1 is 1.18 bits per heavy atom. The molecule has 0 bridgehead atoms. The highest BCUT2D eigenvalue weighted by molar-refractivity contribution is 5.79. The molecule has 146 valence electrons. The van der Waals surface area contributed by atoms with E-state index < -0.39 is 0 Å². The van der Waals surface area contributed by atoms with Crippen molar-refractivity contribution in [3.05, 3.63) is 54.1 Å². The van der Waals surface area contributed by atoms with Gasteiger partial charge in [0.05, 0.1) is 7.11 Å². The fourth-order valence-electron chi connectivity index (χ4n) is 3.71. The van der Waals surface area contributed by atoms with Gasteiger partial charge in [-0.2, -0.15) is 4.98 Å². The number of ether oxygens (including phenoxy) is 1. The number of oxazole rings is 1. The van der Waals surface area contributed by atoms with Crippen LogP contribution in [0, 0.1) is 5.92 Å². The van der Waals surface area contributed by atoms with Crippen LogP contribution in [0.2, 0.25) is 0 Å². The Morgan fingerprint density at radius 3 is 2.57 bits per heavy atom. The second kappa shape index (κ2) is 7.92. The summed E-state index contributed by atoms with van der Waals surface area (Å²) in [6, 6.07) is 16.3. The van der Waals surface area contributed by atoms with Crippen molar-refractivity contribution in [1.29, 1.82) is 0 Å². The number of fused-ring (bicyclic) bond motifs is 1. The van der Waals surface area contributed by atoms with Crippen LogP contribution in [-0.4, -0.2) is 43.0 Å². The Morgan fingerprint density at radius 2 is 1.89 bits per heavy atom. The summed E-state index contributed by atoms with van der Waals surface area (Å²) in [4.78, 5) is 21.4. The van der Waals surface area contributed by atoms with Crippen LogP contribution in [-0.2, 0) is 11.3 Å². The number of anilines is 1. The minimum absolute atomic E-state index is 0.0453. The monoisotopic (exact) mass is 379 g/mol. The largest absolute Gasteiger partial charge is 0.497 e. The summed E-state index contributed by atoms with van der Waals surface area (Å²) in [6.07, 6.45) is 1.62. The Labute approximate surface area is 164 Å². The molecule has 6 heteroatoms. The number of nitrogens with zero attached hydrogens (tertiary/aromatic N) is 3. The third-order valence-electron chi connectivity index (χ3n) is 5.35. The summed E-state index contributed by atoms with van der Waals surface area (Å²) in [5.74, 6) is 1.07. The molecule has 6 nitrogen and oxygen atoms in total. The number of benzene rings is 2. The summed E-state index contributed by atoms with van der Waals surface area (Å²) in [5, 5.41) is 0. The lowest BCUT2D eigenvalue weighted by Gasteiger charge is -2.32. The Balaban J connectivity index is 1.33. The van der Waals surface area contributed by atoms with E-state index in [2.05, 4.69) is 9.88 Å². The zero-order valence-corrected chi connectivity index (χ0v) is 16.3. The normalized spacial score (nSPS) is 15.0. The summed E-state index contributed by atoms with van der Waals surface area (Å²) in [7, 11) is 3.53. The maximum atomic E-state index is 12.9. The molecule has 0 N–H and O–H groups in total. The average molecular weight is 379 g/mol. The SMILES string of the molecule is COc1ccc(CN(C)C(=O)C2CCN(c3nc4ccccc4o3)CC2)cc1. The fraction of sp³-hybridized carbons (Fsp3) is 0.364. The number of rotatable bonds is 5. The lowest BCUT2D eigenvalue weighted by molar-refractivity contribution is -0.135. The minimum atomic E-state index is 0.0453. The van der Waals surface area contributed by atoms with E-state index in [4.69, 9.17) is 9.15 Å². The van der Waals surface area contributed by atoms with E-state index in [9.17, 15) is 4.79 Å². The lowest BCUT2D eigenvalue weighted by Crippen LogP contribution is -2.41. The molecule has 3 aromatic rings. The number of hydrogen-bond donors (Lipinski definition) is 0. The molecule has 28 heavy (non-hydrogen) atoms. The second-order valence-corrected chi connectivity index (χ2v) is 7.27. The number of amides is 1. The van der Waals surface area contributed by atoms with Crippen molar-refractivity contribution in [2.45, 2.75) is 19.4 Å². The summed E-state index contributed by atoms with van der Waals surface area (Å²) >= 11 is 0.